The average molecular weight is 263 g/mol. The molecule has 0 N–H and O–H groups in total. The summed E-state index contributed by atoms with van der Waals surface area (Å²) in [5.74, 6) is 1.71. The number of halogens is 1. The molecule has 0 spiro atoms. The van der Waals surface area contributed by atoms with Crippen LogP contribution in [0.25, 0.3) is 0 Å². The van der Waals surface area contributed by atoms with Crippen molar-refractivity contribution in [1.82, 2.24) is 0 Å². The fourth-order valence-electron chi connectivity index (χ4n) is 3.02. The normalized spacial score (nSPS) is 24.6. The summed E-state index contributed by atoms with van der Waals surface area (Å²) < 4.78 is 0. The predicted molar refractivity (Wildman–Crippen MR) is 80.1 cm³/mol. The van der Waals surface area contributed by atoms with E-state index in [1.807, 2.05) is 0 Å². The maximum atomic E-state index is 5.55. The van der Waals surface area contributed by atoms with E-state index in [4.69, 9.17) is 11.6 Å². The highest BCUT2D eigenvalue weighted by molar-refractivity contribution is 6.25. The van der Waals surface area contributed by atoms with Crippen molar-refractivity contribution in [1.29, 1.82) is 0 Å². The van der Waals surface area contributed by atoms with Gasteiger partial charge < -0.3 is 0 Å². The van der Waals surface area contributed by atoms with Crippen molar-refractivity contribution >= 4 is 11.6 Å². The van der Waals surface area contributed by atoms with Gasteiger partial charge in [-0.25, -0.2) is 0 Å². The van der Waals surface area contributed by atoms with E-state index >= 15 is 0 Å². The molecule has 0 atom stereocenters. The van der Waals surface area contributed by atoms with Crippen molar-refractivity contribution in [2.24, 2.45) is 5.92 Å². The van der Waals surface area contributed by atoms with Gasteiger partial charge in [0.25, 0.3) is 0 Å². The first kappa shape index (κ1) is 13.7. The van der Waals surface area contributed by atoms with Crippen LogP contribution >= 0.6 is 11.6 Å². The molecule has 0 aliphatic heterocycles. The van der Waals surface area contributed by atoms with Crippen LogP contribution in [0.3, 0.4) is 0 Å². The van der Waals surface area contributed by atoms with Crippen molar-refractivity contribution in [3.63, 3.8) is 0 Å². The molecular formula is C17H23Cl. The fourth-order valence-corrected chi connectivity index (χ4v) is 3.14. The zero-order valence-corrected chi connectivity index (χ0v) is 12.0. The van der Waals surface area contributed by atoms with E-state index in [0.29, 0.717) is 0 Å². The van der Waals surface area contributed by atoms with Crippen molar-refractivity contribution in [2.75, 3.05) is 0 Å². The monoisotopic (exact) mass is 262 g/mol. The average Bonchev–Trinajstić information content (AvgIpc) is 2.41. The van der Waals surface area contributed by atoms with Crippen LogP contribution in [-0.4, -0.2) is 0 Å². The van der Waals surface area contributed by atoms with Crippen LogP contribution in [0.4, 0.5) is 0 Å². The van der Waals surface area contributed by atoms with Gasteiger partial charge >= 0.3 is 0 Å². The molecular weight excluding hydrogens is 240 g/mol. The highest BCUT2D eigenvalue weighted by Gasteiger charge is 2.21. The fraction of sp³-hybridized carbons (Fsp3) is 0.529. The SMILES string of the molecule is Cc1ccc(C2CCC(CC/C=C/Cl)CC2)cc1. The van der Waals surface area contributed by atoms with Gasteiger partial charge in [0.05, 0.1) is 0 Å². The Morgan fingerprint density at radius 2 is 1.78 bits per heavy atom. The predicted octanol–water partition coefficient (Wildman–Crippen LogP) is 5.80. The van der Waals surface area contributed by atoms with E-state index < -0.39 is 0 Å². The number of hydrogen-bond acceptors (Lipinski definition) is 0. The highest BCUT2D eigenvalue weighted by Crippen LogP contribution is 2.37. The molecule has 0 amide bonds. The molecule has 1 aliphatic rings. The van der Waals surface area contributed by atoms with E-state index in [9.17, 15) is 0 Å². The summed E-state index contributed by atoms with van der Waals surface area (Å²) in [6, 6.07) is 9.12. The maximum absolute atomic E-state index is 5.55. The molecule has 1 aromatic carbocycles. The molecule has 98 valence electrons. The molecule has 1 aliphatic carbocycles. The third kappa shape index (κ3) is 3.88. The molecule has 0 heterocycles. The van der Waals surface area contributed by atoms with E-state index in [1.165, 1.54) is 37.7 Å². The number of hydrogen-bond donors (Lipinski definition) is 0. The van der Waals surface area contributed by atoms with E-state index in [-0.39, 0.29) is 0 Å². The number of rotatable bonds is 4. The second-order valence-corrected chi connectivity index (χ2v) is 5.82. The molecule has 0 radical (unpaired) electrons. The summed E-state index contributed by atoms with van der Waals surface area (Å²) in [7, 11) is 0. The Morgan fingerprint density at radius 3 is 2.39 bits per heavy atom. The second kappa shape index (κ2) is 6.99. The van der Waals surface area contributed by atoms with Crippen molar-refractivity contribution < 1.29 is 0 Å². The lowest BCUT2D eigenvalue weighted by Gasteiger charge is -2.28. The lowest BCUT2D eigenvalue weighted by Crippen LogP contribution is -2.13. The van der Waals surface area contributed by atoms with Gasteiger partial charge in [-0.2, -0.15) is 0 Å². The molecule has 0 aromatic heterocycles. The Labute approximate surface area is 116 Å². The first-order valence-corrected chi connectivity index (χ1v) is 7.55. The van der Waals surface area contributed by atoms with Gasteiger partial charge in [-0.3, -0.25) is 0 Å². The molecule has 1 heteroatoms. The zero-order chi connectivity index (χ0) is 12.8. The largest absolute Gasteiger partial charge is 0.0933 e. The quantitative estimate of drug-likeness (QED) is 0.643. The zero-order valence-electron chi connectivity index (χ0n) is 11.2. The van der Waals surface area contributed by atoms with Crippen molar-refractivity contribution in [3.8, 4) is 0 Å². The third-order valence-electron chi connectivity index (χ3n) is 4.23. The summed E-state index contributed by atoms with van der Waals surface area (Å²) in [5, 5.41) is 0. The number of aryl methyl sites for hydroxylation is 1. The first-order valence-electron chi connectivity index (χ1n) is 7.11. The van der Waals surface area contributed by atoms with E-state index in [1.54, 1.807) is 11.1 Å². The Bertz CT molecular complexity index is 369. The maximum Gasteiger partial charge on any atom is 0.000245 e. The third-order valence-corrected chi connectivity index (χ3v) is 4.40. The van der Waals surface area contributed by atoms with Crippen LogP contribution in [0.15, 0.2) is 35.9 Å². The van der Waals surface area contributed by atoms with Gasteiger partial charge in [-0.15, -0.1) is 0 Å². The van der Waals surface area contributed by atoms with Gasteiger partial charge in [0.15, 0.2) is 0 Å². The molecule has 1 aromatic rings. The molecule has 1 fully saturated rings. The van der Waals surface area contributed by atoms with Crippen LogP contribution in [0.2, 0.25) is 0 Å². The van der Waals surface area contributed by atoms with Gasteiger partial charge in [0.1, 0.15) is 0 Å². The van der Waals surface area contributed by atoms with Gasteiger partial charge in [0.2, 0.25) is 0 Å². The minimum atomic E-state index is 0.797. The van der Waals surface area contributed by atoms with Gasteiger partial charge in [-0.1, -0.05) is 47.5 Å². The summed E-state index contributed by atoms with van der Waals surface area (Å²) in [6.07, 6.45) is 10.0. The second-order valence-electron chi connectivity index (χ2n) is 5.57. The van der Waals surface area contributed by atoms with E-state index in [0.717, 1.165) is 18.3 Å². The van der Waals surface area contributed by atoms with Crippen LogP contribution in [0, 0.1) is 12.8 Å². The highest BCUT2D eigenvalue weighted by atomic mass is 35.5. The van der Waals surface area contributed by atoms with Crippen LogP contribution in [0.1, 0.15) is 55.6 Å². The van der Waals surface area contributed by atoms with Crippen molar-refractivity contribution in [3.05, 3.63) is 47.0 Å². The first-order chi connectivity index (χ1) is 8.79. The Balaban J connectivity index is 1.81. The molecule has 18 heavy (non-hydrogen) atoms. The van der Waals surface area contributed by atoms with E-state index in [2.05, 4.69) is 37.3 Å². The molecule has 1 saturated carbocycles. The lowest BCUT2D eigenvalue weighted by atomic mass is 9.77. The molecule has 0 nitrogen and oxygen atoms in total. The Hall–Kier alpha value is -0.750. The topological polar surface area (TPSA) is 0 Å². The molecule has 0 saturated heterocycles. The Kier molecular flexibility index (Phi) is 5.31. The molecule has 0 unspecified atom stereocenters. The van der Waals surface area contributed by atoms with Crippen molar-refractivity contribution in [2.45, 2.75) is 51.4 Å². The Morgan fingerprint density at radius 1 is 1.11 bits per heavy atom. The molecule has 0 bridgehead atoms. The summed E-state index contributed by atoms with van der Waals surface area (Å²) in [4.78, 5) is 0. The molecule has 2 rings (SSSR count). The summed E-state index contributed by atoms with van der Waals surface area (Å²) >= 11 is 5.55. The van der Waals surface area contributed by atoms with Crippen LogP contribution in [-0.2, 0) is 0 Å². The van der Waals surface area contributed by atoms with Crippen LogP contribution < -0.4 is 0 Å². The minimum absolute atomic E-state index is 0.797. The minimum Gasteiger partial charge on any atom is -0.0933 e. The summed E-state index contributed by atoms with van der Waals surface area (Å²) in [6.45, 7) is 2.16. The number of allylic oxidation sites excluding steroid dienone is 1. The van der Waals surface area contributed by atoms with Crippen LogP contribution in [0.5, 0.6) is 0 Å². The standard InChI is InChI=1S/C17H23Cl/c1-14-5-9-16(10-6-14)17-11-7-15(8-12-17)4-2-3-13-18/h3,5-6,9-10,13,15,17H,2,4,7-8,11-12H2,1H3/b13-3+. The number of benzene rings is 1. The summed E-state index contributed by atoms with van der Waals surface area (Å²) in [5.41, 5.74) is 4.55. The lowest BCUT2D eigenvalue weighted by molar-refractivity contribution is 0.312. The van der Waals surface area contributed by atoms with Gasteiger partial charge in [0, 0.05) is 5.54 Å². The smallest absolute Gasteiger partial charge is 0.000245 e. The van der Waals surface area contributed by atoms with Gasteiger partial charge in [-0.05, 0) is 62.8 Å².